The Kier molecular flexibility index (Phi) is 6.63. The molecule has 2 unspecified atom stereocenters. The van der Waals surface area contributed by atoms with Crippen LogP contribution in [0.1, 0.15) is 45.3 Å². The second-order valence-electron chi connectivity index (χ2n) is 4.15. The number of nitrogens with two attached hydrogens (primary N) is 1. The van der Waals surface area contributed by atoms with Gasteiger partial charge in [0.05, 0.1) is 29.1 Å². The molecule has 1 heterocycles. The van der Waals surface area contributed by atoms with Crippen molar-refractivity contribution in [1.29, 1.82) is 0 Å². The zero-order chi connectivity index (χ0) is 13.5. The van der Waals surface area contributed by atoms with Gasteiger partial charge in [0, 0.05) is 13.2 Å². The Morgan fingerprint density at radius 3 is 2.72 bits per heavy atom. The SMILES string of the molecule is CCCn1ncc(Cl)c1C(NN)C(CC)OCC. The van der Waals surface area contributed by atoms with Crippen LogP contribution in [0.5, 0.6) is 0 Å². The molecule has 0 aliphatic carbocycles. The van der Waals surface area contributed by atoms with Crippen molar-refractivity contribution in [2.75, 3.05) is 6.61 Å². The second kappa shape index (κ2) is 7.74. The number of rotatable bonds is 8. The van der Waals surface area contributed by atoms with E-state index in [-0.39, 0.29) is 12.1 Å². The number of halogens is 1. The fraction of sp³-hybridized carbons (Fsp3) is 0.750. The van der Waals surface area contributed by atoms with Gasteiger partial charge in [-0.05, 0) is 19.8 Å². The first-order chi connectivity index (χ1) is 8.69. The Labute approximate surface area is 114 Å². The molecule has 3 N–H and O–H groups in total. The largest absolute Gasteiger partial charge is 0.376 e. The van der Waals surface area contributed by atoms with E-state index in [1.807, 2.05) is 11.6 Å². The molecule has 0 fully saturated rings. The summed E-state index contributed by atoms with van der Waals surface area (Å²) in [5.74, 6) is 5.67. The Morgan fingerprint density at radius 2 is 2.22 bits per heavy atom. The summed E-state index contributed by atoms with van der Waals surface area (Å²) in [6.45, 7) is 7.61. The Morgan fingerprint density at radius 1 is 1.50 bits per heavy atom. The van der Waals surface area contributed by atoms with Gasteiger partial charge in [-0.3, -0.25) is 10.5 Å². The molecule has 1 rings (SSSR count). The molecule has 1 aromatic heterocycles. The predicted octanol–water partition coefficient (Wildman–Crippen LogP) is 2.27. The van der Waals surface area contributed by atoms with Crippen molar-refractivity contribution in [1.82, 2.24) is 15.2 Å². The zero-order valence-corrected chi connectivity index (χ0v) is 12.1. The number of aromatic nitrogens is 2. The fourth-order valence-electron chi connectivity index (χ4n) is 2.10. The van der Waals surface area contributed by atoms with Gasteiger partial charge in [-0.25, -0.2) is 5.43 Å². The number of nitrogens with zero attached hydrogens (tertiary/aromatic N) is 2. The van der Waals surface area contributed by atoms with Crippen molar-refractivity contribution in [3.8, 4) is 0 Å². The van der Waals surface area contributed by atoms with E-state index in [1.54, 1.807) is 6.20 Å². The van der Waals surface area contributed by atoms with Crippen molar-refractivity contribution in [2.45, 2.75) is 52.3 Å². The first-order valence-electron chi connectivity index (χ1n) is 6.48. The number of hydrogen-bond acceptors (Lipinski definition) is 4. The molecule has 0 saturated carbocycles. The lowest BCUT2D eigenvalue weighted by molar-refractivity contribution is 0.0291. The van der Waals surface area contributed by atoms with Gasteiger partial charge in [-0.1, -0.05) is 25.4 Å². The van der Waals surface area contributed by atoms with Gasteiger partial charge >= 0.3 is 0 Å². The van der Waals surface area contributed by atoms with Crippen molar-refractivity contribution < 1.29 is 4.74 Å². The molecule has 0 aromatic carbocycles. The monoisotopic (exact) mass is 274 g/mol. The van der Waals surface area contributed by atoms with Gasteiger partial charge in [0.2, 0.25) is 0 Å². The Balaban J connectivity index is 3.02. The maximum absolute atomic E-state index is 6.22. The van der Waals surface area contributed by atoms with Crippen LogP contribution in [0, 0.1) is 0 Å². The summed E-state index contributed by atoms with van der Waals surface area (Å²) < 4.78 is 7.61. The fourth-order valence-corrected chi connectivity index (χ4v) is 2.36. The highest BCUT2D eigenvalue weighted by molar-refractivity contribution is 6.31. The maximum Gasteiger partial charge on any atom is 0.0905 e. The normalized spacial score (nSPS) is 14.7. The number of aryl methyl sites for hydroxylation is 1. The van der Waals surface area contributed by atoms with Crippen LogP contribution in [-0.4, -0.2) is 22.5 Å². The zero-order valence-electron chi connectivity index (χ0n) is 11.3. The van der Waals surface area contributed by atoms with Crippen LogP contribution in [0.15, 0.2) is 6.20 Å². The smallest absolute Gasteiger partial charge is 0.0905 e. The molecule has 0 amide bonds. The van der Waals surface area contributed by atoms with Crippen LogP contribution in [0.25, 0.3) is 0 Å². The highest BCUT2D eigenvalue weighted by Gasteiger charge is 2.27. The summed E-state index contributed by atoms with van der Waals surface area (Å²) in [5.41, 5.74) is 3.71. The molecule has 0 aliphatic heterocycles. The Hall–Kier alpha value is -0.620. The topological polar surface area (TPSA) is 65.1 Å². The van der Waals surface area contributed by atoms with Gasteiger partial charge in [-0.15, -0.1) is 0 Å². The van der Waals surface area contributed by atoms with Crippen LogP contribution in [0.3, 0.4) is 0 Å². The van der Waals surface area contributed by atoms with Crippen LogP contribution < -0.4 is 11.3 Å². The van der Waals surface area contributed by atoms with Gasteiger partial charge in [0.15, 0.2) is 0 Å². The van der Waals surface area contributed by atoms with Crippen LogP contribution in [0.4, 0.5) is 0 Å². The summed E-state index contributed by atoms with van der Waals surface area (Å²) in [4.78, 5) is 0. The van der Waals surface area contributed by atoms with E-state index < -0.39 is 0 Å². The average Bonchev–Trinajstić information content (AvgIpc) is 2.72. The molecule has 2 atom stereocenters. The summed E-state index contributed by atoms with van der Waals surface area (Å²) in [5, 5.41) is 4.91. The van der Waals surface area contributed by atoms with Crippen LogP contribution in [-0.2, 0) is 11.3 Å². The lowest BCUT2D eigenvalue weighted by Crippen LogP contribution is -2.39. The van der Waals surface area contributed by atoms with Crippen LogP contribution >= 0.6 is 11.6 Å². The molecule has 1 aromatic rings. The second-order valence-corrected chi connectivity index (χ2v) is 4.55. The summed E-state index contributed by atoms with van der Waals surface area (Å²) in [6.07, 6.45) is 3.50. The third kappa shape index (κ3) is 3.45. The maximum atomic E-state index is 6.22. The minimum absolute atomic E-state index is 0.00944. The van der Waals surface area contributed by atoms with E-state index in [4.69, 9.17) is 22.2 Å². The minimum Gasteiger partial charge on any atom is -0.376 e. The number of ether oxygens (including phenoxy) is 1. The van der Waals surface area contributed by atoms with E-state index >= 15 is 0 Å². The van der Waals surface area contributed by atoms with Gasteiger partial charge in [-0.2, -0.15) is 5.10 Å². The molecule has 0 spiro atoms. The minimum atomic E-state index is -0.142. The van der Waals surface area contributed by atoms with Gasteiger partial charge in [0.1, 0.15) is 0 Å². The summed E-state index contributed by atoms with van der Waals surface area (Å²) >= 11 is 6.22. The van der Waals surface area contributed by atoms with Crippen molar-refractivity contribution >= 4 is 11.6 Å². The lowest BCUT2D eigenvalue weighted by Gasteiger charge is -2.26. The van der Waals surface area contributed by atoms with Gasteiger partial charge in [0.25, 0.3) is 0 Å². The van der Waals surface area contributed by atoms with Crippen molar-refractivity contribution in [2.24, 2.45) is 5.84 Å². The van der Waals surface area contributed by atoms with E-state index in [2.05, 4.69) is 24.4 Å². The highest BCUT2D eigenvalue weighted by atomic mass is 35.5. The van der Waals surface area contributed by atoms with E-state index in [0.29, 0.717) is 11.6 Å². The molecule has 6 heteroatoms. The van der Waals surface area contributed by atoms with E-state index in [1.165, 1.54) is 0 Å². The lowest BCUT2D eigenvalue weighted by atomic mass is 10.1. The Bertz CT molecular complexity index is 356. The highest BCUT2D eigenvalue weighted by Crippen LogP contribution is 2.27. The molecule has 18 heavy (non-hydrogen) atoms. The standard InChI is InChI=1S/C12H23ClN4O/c1-4-7-17-12(9(13)8-15-17)11(16-14)10(5-2)18-6-3/h8,10-11,16H,4-7,14H2,1-3H3. The third-order valence-corrected chi connectivity index (χ3v) is 3.19. The number of hydrogen-bond donors (Lipinski definition) is 2. The number of nitrogens with one attached hydrogen (secondary N) is 1. The molecule has 0 bridgehead atoms. The summed E-state index contributed by atoms with van der Waals surface area (Å²) in [6, 6.07) is -0.142. The number of hydrazine groups is 1. The molecule has 0 saturated heterocycles. The molecule has 104 valence electrons. The first kappa shape index (κ1) is 15.4. The van der Waals surface area contributed by atoms with E-state index in [9.17, 15) is 0 Å². The third-order valence-electron chi connectivity index (χ3n) is 2.90. The van der Waals surface area contributed by atoms with Crippen molar-refractivity contribution in [3.63, 3.8) is 0 Å². The molecular weight excluding hydrogens is 252 g/mol. The molecule has 5 nitrogen and oxygen atoms in total. The quantitative estimate of drug-likeness (QED) is 0.564. The molecule has 0 aliphatic rings. The molecule has 0 radical (unpaired) electrons. The van der Waals surface area contributed by atoms with Crippen molar-refractivity contribution in [3.05, 3.63) is 16.9 Å². The molecular formula is C12H23ClN4O. The first-order valence-corrected chi connectivity index (χ1v) is 6.86. The van der Waals surface area contributed by atoms with E-state index in [0.717, 1.165) is 25.1 Å². The van der Waals surface area contributed by atoms with Crippen LogP contribution in [0.2, 0.25) is 5.02 Å². The predicted molar refractivity (Wildman–Crippen MR) is 73.3 cm³/mol. The summed E-state index contributed by atoms with van der Waals surface area (Å²) in [7, 11) is 0. The average molecular weight is 275 g/mol. The van der Waals surface area contributed by atoms with Gasteiger partial charge < -0.3 is 4.74 Å².